The lowest BCUT2D eigenvalue weighted by molar-refractivity contribution is 0.610. The molecule has 2 rings (SSSR count). The van der Waals surface area contributed by atoms with Crippen LogP contribution < -0.4 is 0 Å². The molecule has 1 aromatic carbocycles. The number of hydrogen-bond acceptors (Lipinski definition) is 4. The van der Waals surface area contributed by atoms with Crippen molar-refractivity contribution in [3.05, 3.63) is 23.7 Å². The molecule has 0 amide bonds. The van der Waals surface area contributed by atoms with Gasteiger partial charge in [0.25, 0.3) is 9.05 Å². The number of nitrogens with zero attached hydrogens (tertiary/aromatic N) is 1. The maximum atomic E-state index is 11.1. The van der Waals surface area contributed by atoms with Gasteiger partial charge in [-0.1, -0.05) is 6.07 Å². The van der Waals surface area contributed by atoms with Crippen molar-refractivity contribution < 1.29 is 8.42 Å². The van der Waals surface area contributed by atoms with E-state index < -0.39 is 9.05 Å². The van der Waals surface area contributed by atoms with Gasteiger partial charge in [-0.3, -0.25) is 0 Å². The van der Waals surface area contributed by atoms with Crippen molar-refractivity contribution >= 4 is 41.3 Å². The standard InChI is InChI=1S/C7H4ClNO2S2/c8-13(10,11)6-3-1-2-5-7(6)12-4-9-5/h1-4H. The van der Waals surface area contributed by atoms with Crippen molar-refractivity contribution in [2.75, 3.05) is 0 Å². The summed E-state index contributed by atoms with van der Waals surface area (Å²) in [6.07, 6.45) is 0. The van der Waals surface area contributed by atoms with Gasteiger partial charge in [0.2, 0.25) is 0 Å². The van der Waals surface area contributed by atoms with Gasteiger partial charge in [-0.25, -0.2) is 13.4 Å². The Hall–Kier alpha value is -0.650. The fraction of sp³-hybridized carbons (Fsp3) is 0. The van der Waals surface area contributed by atoms with Gasteiger partial charge < -0.3 is 0 Å². The quantitative estimate of drug-likeness (QED) is 0.710. The van der Waals surface area contributed by atoms with E-state index in [2.05, 4.69) is 4.98 Å². The molecule has 0 fully saturated rings. The topological polar surface area (TPSA) is 47.0 Å². The predicted octanol–water partition coefficient (Wildman–Crippen LogP) is 2.22. The summed E-state index contributed by atoms with van der Waals surface area (Å²) in [7, 11) is 1.59. The molecule has 2 aromatic rings. The summed E-state index contributed by atoms with van der Waals surface area (Å²) in [5, 5.41) is 0. The lowest BCUT2D eigenvalue weighted by atomic mass is 10.3. The maximum absolute atomic E-state index is 11.1. The zero-order valence-corrected chi connectivity index (χ0v) is 8.66. The Morgan fingerprint density at radius 3 is 2.85 bits per heavy atom. The van der Waals surface area contributed by atoms with Crippen molar-refractivity contribution in [1.29, 1.82) is 0 Å². The first-order valence-electron chi connectivity index (χ1n) is 3.36. The number of thiazole rings is 1. The highest BCUT2D eigenvalue weighted by Crippen LogP contribution is 2.27. The number of benzene rings is 1. The highest BCUT2D eigenvalue weighted by molar-refractivity contribution is 8.14. The molecule has 0 atom stereocenters. The molecule has 0 bridgehead atoms. The van der Waals surface area contributed by atoms with E-state index in [9.17, 15) is 8.42 Å². The van der Waals surface area contributed by atoms with Crippen LogP contribution in [-0.2, 0) is 9.05 Å². The first kappa shape index (κ1) is 8.93. The molecule has 0 aliphatic heterocycles. The van der Waals surface area contributed by atoms with Gasteiger partial charge >= 0.3 is 0 Å². The molecule has 0 aliphatic rings. The summed E-state index contributed by atoms with van der Waals surface area (Å²) < 4.78 is 22.8. The number of aromatic nitrogens is 1. The van der Waals surface area contributed by atoms with E-state index in [1.54, 1.807) is 17.6 Å². The summed E-state index contributed by atoms with van der Waals surface area (Å²) >= 11 is 1.27. The van der Waals surface area contributed by atoms with E-state index in [4.69, 9.17) is 10.7 Å². The molecule has 3 nitrogen and oxygen atoms in total. The molecule has 68 valence electrons. The zero-order chi connectivity index (χ0) is 9.47. The van der Waals surface area contributed by atoms with Crippen LogP contribution in [0.1, 0.15) is 0 Å². The van der Waals surface area contributed by atoms with Crippen molar-refractivity contribution in [3.8, 4) is 0 Å². The number of hydrogen-bond donors (Lipinski definition) is 0. The normalized spacial score (nSPS) is 12.1. The van der Waals surface area contributed by atoms with Crippen molar-refractivity contribution in [1.82, 2.24) is 4.98 Å². The van der Waals surface area contributed by atoms with Gasteiger partial charge in [0, 0.05) is 10.7 Å². The number of rotatable bonds is 1. The Balaban J connectivity index is 2.91. The van der Waals surface area contributed by atoms with Crippen LogP contribution in [0.15, 0.2) is 28.6 Å². The average molecular weight is 234 g/mol. The first-order valence-corrected chi connectivity index (χ1v) is 6.55. The van der Waals surface area contributed by atoms with E-state index in [0.29, 0.717) is 10.2 Å². The minimum absolute atomic E-state index is 0.133. The molecule has 1 aromatic heterocycles. The van der Waals surface area contributed by atoms with Crippen molar-refractivity contribution in [2.24, 2.45) is 0 Å². The molecular weight excluding hydrogens is 230 g/mol. The maximum Gasteiger partial charge on any atom is 0.262 e. The highest BCUT2D eigenvalue weighted by Gasteiger charge is 2.14. The second-order valence-electron chi connectivity index (χ2n) is 2.39. The molecule has 6 heteroatoms. The molecule has 1 heterocycles. The molecule has 0 aliphatic carbocycles. The molecular formula is C7H4ClNO2S2. The van der Waals surface area contributed by atoms with Gasteiger partial charge in [0.05, 0.1) is 15.7 Å². The van der Waals surface area contributed by atoms with Crippen molar-refractivity contribution in [3.63, 3.8) is 0 Å². The molecule has 0 radical (unpaired) electrons. The zero-order valence-electron chi connectivity index (χ0n) is 6.27. The van der Waals surface area contributed by atoms with Crippen LogP contribution >= 0.6 is 22.0 Å². The third-order valence-electron chi connectivity index (χ3n) is 1.58. The molecule has 0 saturated carbocycles. The monoisotopic (exact) mass is 233 g/mol. The van der Waals surface area contributed by atoms with Crippen LogP contribution in [0, 0.1) is 0 Å². The van der Waals surface area contributed by atoms with Gasteiger partial charge in [0.15, 0.2) is 0 Å². The van der Waals surface area contributed by atoms with E-state index in [1.165, 1.54) is 17.4 Å². The minimum atomic E-state index is -3.66. The molecule has 0 spiro atoms. The second kappa shape index (κ2) is 2.94. The van der Waals surface area contributed by atoms with E-state index >= 15 is 0 Å². The predicted molar refractivity (Wildman–Crippen MR) is 52.7 cm³/mol. The van der Waals surface area contributed by atoms with Crippen molar-refractivity contribution in [2.45, 2.75) is 4.90 Å². The Morgan fingerprint density at radius 1 is 1.38 bits per heavy atom. The van der Waals surface area contributed by atoms with Crippen LogP contribution in [0.2, 0.25) is 0 Å². The lowest BCUT2D eigenvalue weighted by Crippen LogP contribution is -1.89. The molecule has 0 saturated heterocycles. The fourth-order valence-electron chi connectivity index (χ4n) is 1.05. The largest absolute Gasteiger partial charge is 0.262 e. The molecule has 0 unspecified atom stereocenters. The van der Waals surface area contributed by atoms with Crippen LogP contribution in [0.4, 0.5) is 0 Å². The second-order valence-corrected chi connectivity index (χ2v) is 5.78. The third-order valence-corrected chi connectivity index (χ3v) is 3.95. The number of halogens is 1. The molecule has 0 N–H and O–H groups in total. The first-order chi connectivity index (χ1) is 6.09. The lowest BCUT2D eigenvalue weighted by Gasteiger charge is -1.95. The van der Waals surface area contributed by atoms with Crippen LogP contribution in [0.25, 0.3) is 10.2 Å². The Bertz CT molecular complexity index is 546. The fourth-order valence-corrected chi connectivity index (χ4v) is 3.31. The smallest absolute Gasteiger partial charge is 0.245 e. The van der Waals surface area contributed by atoms with E-state index in [-0.39, 0.29) is 4.90 Å². The van der Waals surface area contributed by atoms with Gasteiger partial charge in [-0.05, 0) is 12.1 Å². The average Bonchev–Trinajstić information content (AvgIpc) is 2.48. The summed E-state index contributed by atoms with van der Waals surface area (Å²) in [4.78, 5) is 4.12. The molecule has 13 heavy (non-hydrogen) atoms. The summed E-state index contributed by atoms with van der Waals surface area (Å²) in [5.74, 6) is 0. The number of fused-ring (bicyclic) bond motifs is 1. The third kappa shape index (κ3) is 1.54. The van der Waals surface area contributed by atoms with Crippen LogP contribution in [0.5, 0.6) is 0 Å². The summed E-state index contributed by atoms with van der Waals surface area (Å²) in [5.41, 5.74) is 2.25. The minimum Gasteiger partial charge on any atom is -0.245 e. The van der Waals surface area contributed by atoms with Crippen LogP contribution in [0.3, 0.4) is 0 Å². The Morgan fingerprint density at radius 2 is 2.15 bits per heavy atom. The van der Waals surface area contributed by atoms with E-state index in [1.807, 2.05) is 0 Å². The van der Waals surface area contributed by atoms with E-state index in [0.717, 1.165) is 0 Å². The van der Waals surface area contributed by atoms with Gasteiger partial charge in [0.1, 0.15) is 4.90 Å². The Kier molecular flexibility index (Phi) is 2.02. The summed E-state index contributed by atoms with van der Waals surface area (Å²) in [6.45, 7) is 0. The van der Waals surface area contributed by atoms with Crippen LogP contribution in [-0.4, -0.2) is 13.4 Å². The summed E-state index contributed by atoms with van der Waals surface area (Å²) in [6, 6.07) is 4.84. The van der Waals surface area contributed by atoms with Gasteiger partial charge in [-0.15, -0.1) is 11.3 Å². The van der Waals surface area contributed by atoms with Gasteiger partial charge in [-0.2, -0.15) is 0 Å². The highest BCUT2D eigenvalue weighted by atomic mass is 35.7. The SMILES string of the molecule is O=S(=O)(Cl)c1cccc2ncsc12. The Labute approximate surface area is 83.4 Å².